The van der Waals surface area contributed by atoms with Crippen LogP contribution in [0.15, 0.2) is 30.5 Å². The van der Waals surface area contributed by atoms with E-state index in [0.717, 1.165) is 16.5 Å². The predicted octanol–water partition coefficient (Wildman–Crippen LogP) is 0.910. The van der Waals surface area contributed by atoms with E-state index in [9.17, 15) is 24.3 Å². The van der Waals surface area contributed by atoms with E-state index in [1.54, 1.807) is 27.0 Å². The Bertz CT molecular complexity index is 1020. The first-order valence-electron chi connectivity index (χ1n) is 11.5. The molecule has 10 heteroatoms. The van der Waals surface area contributed by atoms with Crippen LogP contribution in [0, 0.1) is 11.8 Å². The molecule has 0 saturated heterocycles. The minimum absolute atomic E-state index is 0.129. The third kappa shape index (κ3) is 6.80. The number of hydrogen-bond donors (Lipinski definition) is 6. The third-order valence-electron chi connectivity index (χ3n) is 5.96. The topological polar surface area (TPSA) is 166 Å². The molecule has 0 bridgehead atoms. The van der Waals surface area contributed by atoms with Gasteiger partial charge in [-0.2, -0.15) is 0 Å². The van der Waals surface area contributed by atoms with Crippen molar-refractivity contribution in [2.75, 3.05) is 6.54 Å². The highest BCUT2D eigenvalue weighted by atomic mass is 16.4. The Balaban J connectivity index is 2.33. The lowest BCUT2D eigenvalue weighted by Crippen LogP contribution is -2.58. The van der Waals surface area contributed by atoms with Gasteiger partial charge in [-0.1, -0.05) is 52.3 Å². The number of fused-ring (bicyclic) bond motifs is 1. The first kappa shape index (κ1) is 26.8. The first-order chi connectivity index (χ1) is 16.1. The maximum atomic E-state index is 13.2. The van der Waals surface area contributed by atoms with Gasteiger partial charge in [0.2, 0.25) is 17.7 Å². The summed E-state index contributed by atoms with van der Waals surface area (Å²) in [7, 11) is 0. The van der Waals surface area contributed by atoms with Crippen molar-refractivity contribution >= 4 is 34.6 Å². The molecule has 2 aromatic rings. The molecule has 4 unspecified atom stereocenters. The van der Waals surface area contributed by atoms with E-state index < -0.39 is 41.8 Å². The maximum Gasteiger partial charge on any atom is 0.326 e. The molecule has 1 aromatic carbocycles. The number of aromatic amines is 1. The number of nitrogens with one attached hydrogen (secondary N) is 4. The van der Waals surface area contributed by atoms with E-state index in [0.29, 0.717) is 6.42 Å². The minimum atomic E-state index is -1.14. The summed E-state index contributed by atoms with van der Waals surface area (Å²) in [4.78, 5) is 53.0. The van der Waals surface area contributed by atoms with E-state index in [2.05, 4.69) is 20.9 Å². The second-order valence-electron chi connectivity index (χ2n) is 8.83. The van der Waals surface area contributed by atoms with Crippen molar-refractivity contribution in [2.24, 2.45) is 17.6 Å². The van der Waals surface area contributed by atoms with Crippen LogP contribution in [0.1, 0.15) is 39.7 Å². The van der Waals surface area contributed by atoms with Gasteiger partial charge in [0, 0.05) is 23.5 Å². The van der Waals surface area contributed by atoms with Crippen molar-refractivity contribution in [3.63, 3.8) is 0 Å². The van der Waals surface area contributed by atoms with Gasteiger partial charge < -0.3 is 31.8 Å². The van der Waals surface area contributed by atoms with Crippen LogP contribution in [-0.2, 0) is 25.6 Å². The van der Waals surface area contributed by atoms with E-state index >= 15 is 0 Å². The van der Waals surface area contributed by atoms with Crippen LogP contribution < -0.4 is 21.7 Å². The van der Waals surface area contributed by atoms with Crippen LogP contribution >= 0.6 is 0 Å². The van der Waals surface area contributed by atoms with Crippen molar-refractivity contribution in [2.45, 2.75) is 58.7 Å². The smallest absolute Gasteiger partial charge is 0.326 e. The Morgan fingerprint density at radius 3 is 2.26 bits per heavy atom. The molecule has 1 heterocycles. The number of para-hydroxylation sites is 1. The number of carboxylic acid groups (broad SMARTS) is 1. The van der Waals surface area contributed by atoms with Crippen molar-refractivity contribution in [3.05, 3.63) is 36.0 Å². The lowest BCUT2D eigenvalue weighted by molar-refractivity contribution is -0.143. The highest BCUT2D eigenvalue weighted by Crippen LogP contribution is 2.20. The van der Waals surface area contributed by atoms with Crippen LogP contribution in [0.4, 0.5) is 0 Å². The standard InChI is InChI=1S/C24H35N5O5/c1-5-14(4)21(24(33)34)29-22(31)18(10-15-12-26-17-9-7-6-8-16(15)17)27-23(32)20(13(2)3)28-19(30)11-25/h6-9,12-14,18,20-21,26H,5,10-11,25H2,1-4H3,(H,27,32)(H,28,30)(H,29,31)(H,33,34). The number of carbonyl (C=O) groups excluding carboxylic acids is 3. The Kier molecular flexibility index (Phi) is 9.61. The van der Waals surface area contributed by atoms with E-state index in [1.807, 2.05) is 31.2 Å². The lowest BCUT2D eigenvalue weighted by atomic mass is 9.97. The molecule has 34 heavy (non-hydrogen) atoms. The molecule has 3 amide bonds. The zero-order chi connectivity index (χ0) is 25.4. The number of H-pyrrole nitrogens is 1. The Morgan fingerprint density at radius 2 is 1.68 bits per heavy atom. The maximum absolute atomic E-state index is 13.2. The summed E-state index contributed by atoms with van der Waals surface area (Å²) in [5, 5.41) is 18.4. The van der Waals surface area contributed by atoms with E-state index in [4.69, 9.17) is 5.73 Å². The van der Waals surface area contributed by atoms with Gasteiger partial charge in [-0.15, -0.1) is 0 Å². The van der Waals surface area contributed by atoms with Crippen molar-refractivity contribution in [1.29, 1.82) is 0 Å². The normalized spacial score (nSPS) is 14.8. The Morgan fingerprint density at radius 1 is 1.00 bits per heavy atom. The number of amides is 3. The average Bonchev–Trinajstić information content (AvgIpc) is 3.21. The summed E-state index contributed by atoms with van der Waals surface area (Å²) in [5.74, 6) is -3.37. The summed E-state index contributed by atoms with van der Waals surface area (Å²) in [6.07, 6.45) is 2.44. The zero-order valence-corrected chi connectivity index (χ0v) is 20.1. The second-order valence-corrected chi connectivity index (χ2v) is 8.83. The van der Waals surface area contributed by atoms with E-state index in [-0.39, 0.29) is 24.8 Å². The summed E-state index contributed by atoms with van der Waals surface area (Å²) in [6.45, 7) is 6.83. The van der Waals surface area contributed by atoms with Gasteiger partial charge in [-0.05, 0) is 23.5 Å². The number of benzene rings is 1. The van der Waals surface area contributed by atoms with Gasteiger partial charge in [0.15, 0.2) is 0 Å². The molecule has 0 saturated carbocycles. The Hall–Kier alpha value is -3.40. The molecule has 2 rings (SSSR count). The molecule has 0 spiro atoms. The molecule has 0 aliphatic carbocycles. The average molecular weight is 474 g/mol. The van der Waals surface area contributed by atoms with Gasteiger partial charge in [0.25, 0.3) is 0 Å². The van der Waals surface area contributed by atoms with Crippen LogP contribution in [0.25, 0.3) is 10.9 Å². The van der Waals surface area contributed by atoms with Crippen LogP contribution in [0.2, 0.25) is 0 Å². The monoisotopic (exact) mass is 473 g/mol. The quantitative estimate of drug-likeness (QED) is 0.268. The number of nitrogens with two attached hydrogens (primary N) is 1. The number of aliphatic carboxylic acids is 1. The first-order valence-corrected chi connectivity index (χ1v) is 11.5. The summed E-state index contributed by atoms with van der Waals surface area (Å²) in [6, 6.07) is 4.48. The van der Waals surface area contributed by atoms with Crippen LogP contribution in [0.3, 0.4) is 0 Å². The third-order valence-corrected chi connectivity index (χ3v) is 5.96. The zero-order valence-electron chi connectivity index (χ0n) is 20.1. The largest absolute Gasteiger partial charge is 0.480 e. The highest BCUT2D eigenvalue weighted by Gasteiger charge is 2.32. The van der Waals surface area contributed by atoms with Gasteiger partial charge >= 0.3 is 5.97 Å². The molecule has 4 atom stereocenters. The minimum Gasteiger partial charge on any atom is -0.480 e. The van der Waals surface area contributed by atoms with E-state index in [1.165, 1.54) is 0 Å². The number of carbonyl (C=O) groups is 4. The van der Waals surface area contributed by atoms with Crippen molar-refractivity contribution in [1.82, 2.24) is 20.9 Å². The fourth-order valence-corrected chi connectivity index (χ4v) is 3.70. The van der Waals surface area contributed by atoms with Gasteiger partial charge in [0.05, 0.1) is 6.54 Å². The Labute approximate surface area is 199 Å². The van der Waals surface area contributed by atoms with Gasteiger partial charge in [-0.25, -0.2) is 4.79 Å². The van der Waals surface area contributed by atoms with Crippen molar-refractivity contribution in [3.8, 4) is 0 Å². The number of carboxylic acids is 1. The van der Waals surface area contributed by atoms with Gasteiger partial charge in [0.1, 0.15) is 18.1 Å². The lowest BCUT2D eigenvalue weighted by Gasteiger charge is -2.27. The molecule has 0 fully saturated rings. The van der Waals surface area contributed by atoms with Gasteiger partial charge in [-0.3, -0.25) is 14.4 Å². The van der Waals surface area contributed by atoms with Crippen LogP contribution in [0.5, 0.6) is 0 Å². The number of aromatic nitrogens is 1. The molecule has 0 aliphatic rings. The summed E-state index contributed by atoms with van der Waals surface area (Å²) < 4.78 is 0. The summed E-state index contributed by atoms with van der Waals surface area (Å²) in [5.41, 5.74) is 7.04. The molecule has 10 nitrogen and oxygen atoms in total. The predicted molar refractivity (Wildman–Crippen MR) is 129 cm³/mol. The fraction of sp³-hybridized carbons (Fsp3) is 0.500. The summed E-state index contributed by atoms with van der Waals surface area (Å²) >= 11 is 0. The SMILES string of the molecule is CCC(C)C(NC(=O)C(Cc1c[nH]c2ccccc12)NC(=O)C(NC(=O)CN)C(C)C)C(=O)O. The number of hydrogen-bond acceptors (Lipinski definition) is 5. The fourth-order valence-electron chi connectivity index (χ4n) is 3.70. The van der Waals surface area contributed by atoms with Crippen molar-refractivity contribution < 1.29 is 24.3 Å². The highest BCUT2D eigenvalue weighted by molar-refractivity contribution is 5.94. The molecule has 0 radical (unpaired) electrons. The van der Waals surface area contributed by atoms with Crippen LogP contribution in [-0.4, -0.2) is 58.5 Å². The number of rotatable bonds is 12. The molecule has 186 valence electrons. The second kappa shape index (κ2) is 12.2. The molecular formula is C24H35N5O5. The molecule has 1 aromatic heterocycles. The molecular weight excluding hydrogens is 438 g/mol. The molecule has 0 aliphatic heterocycles. The molecule has 7 N–H and O–H groups in total.